The summed E-state index contributed by atoms with van der Waals surface area (Å²) in [5, 5.41) is 7.55. The van der Waals surface area contributed by atoms with Gasteiger partial charge in [0.15, 0.2) is 5.82 Å². The van der Waals surface area contributed by atoms with Crippen molar-refractivity contribution in [2.45, 2.75) is 58.4 Å². The van der Waals surface area contributed by atoms with E-state index < -0.39 is 0 Å². The van der Waals surface area contributed by atoms with Crippen LogP contribution in [0.4, 0.5) is 0 Å². The van der Waals surface area contributed by atoms with E-state index in [1.54, 1.807) is 0 Å². The van der Waals surface area contributed by atoms with Crippen molar-refractivity contribution in [3.63, 3.8) is 0 Å². The molecule has 0 radical (unpaired) electrons. The van der Waals surface area contributed by atoms with Gasteiger partial charge in [-0.15, -0.1) is 0 Å². The zero-order valence-corrected chi connectivity index (χ0v) is 11.1. The summed E-state index contributed by atoms with van der Waals surface area (Å²) in [6.45, 7) is 7.61. The van der Waals surface area contributed by atoms with Crippen LogP contribution in [0.1, 0.15) is 57.7 Å². The van der Waals surface area contributed by atoms with Crippen molar-refractivity contribution in [3.8, 4) is 0 Å². The predicted octanol–water partition coefficient (Wildman–Crippen LogP) is 2.51. The molecule has 4 heteroatoms. The molecule has 0 aliphatic heterocycles. The zero-order chi connectivity index (χ0) is 12.3. The van der Waals surface area contributed by atoms with Crippen molar-refractivity contribution < 1.29 is 4.52 Å². The minimum Gasteiger partial charge on any atom is -0.339 e. The van der Waals surface area contributed by atoms with E-state index in [9.17, 15) is 0 Å². The number of likely N-dealkylation sites (N-methyl/N-ethyl adjacent to an activating group) is 1. The third kappa shape index (κ3) is 3.80. The lowest BCUT2D eigenvalue weighted by Gasteiger charge is -2.17. The second-order valence-electron chi connectivity index (χ2n) is 5.41. The molecule has 1 aliphatic rings. The predicted molar refractivity (Wildman–Crippen MR) is 66.9 cm³/mol. The van der Waals surface area contributed by atoms with Crippen molar-refractivity contribution in [1.29, 1.82) is 0 Å². The van der Waals surface area contributed by atoms with Crippen LogP contribution >= 0.6 is 0 Å². The minimum absolute atomic E-state index is 0.451. The van der Waals surface area contributed by atoms with E-state index in [0.717, 1.165) is 31.1 Å². The SMILES string of the molecule is CCNC(Cc1nc(C2CC2)no1)CC(C)C. The Hall–Kier alpha value is -0.900. The van der Waals surface area contributed by atoms with Gasteiger partial charge in [0.25, 0.3) is 0 Å². The number of hydrogen-bond acceptors (Lipinski definition) is 4. The fourth-order valence-corrected chi connectivity index (χ4v) is 2.17. The molecule has 1 unspecified atom stereocenters. The Morgan fingerprint density at radius 3 is 2.76 bits per heavy atom. The van der Waals surface area contributed by atoms with Gasteiger partial charge in [0, 0.05) is 18.4 Å². The molecule has 1 N–H and O–H groups in total. The molecule has 4 nitrogen and oxygen atoms in total. The lowest BCUT2D eigenvalue weighted by Crippen LogP contribution is -2.32. The van der Waals surface area contributed by atoms with Crippen molar-refractivity contribution in [2.24, 2.45) is 5.92 Å². The Labute approximate surface area is 103 Å². The summed E-state index contributed by atoms with van der Waals surface area (Å²) >= 11 is 0. The summed E-state index contributed by atoms with van der Waals surface area (Å²) in [7, 11) is 0. The maximum absolute atomic E-state index is 5.32. The van der Waals surface area contributed by atoms with Gasteiger partial charge < -0.3 is 9.84 Å². The summed E-state index contributed by atoms with van der Waals surface area (Å²) in [6, 6.07) is 0.451. The van der Waals surface area contributed by atoms with E-state index in [-0.39, 0.29) is 0 Å². The molecule has 0 aromatic carbocycles. The van der Waals surface area contributed by atoms with E-state index in [2.05, 4.69) is 36.2 Å². The molecule has 1 aromatic rings. The highest BCUT2D eigenvalue weighted by molar-refractivity contribution is 5.03. The lowest BCUT2D eigenvalue weighted by atomic mass is 10.0. The molecule has 1 atom stereocenters. The van der Waals surface area contributed by atoms with Gasteiger partial charge in [-0.1, -0.05) is 25.9 Å². The molecule has 1 fully saturated rings. The van der Waals surface area contributed by atoms with Crippen LogP contribution in [0.2, 0.25) is 0 Å². The lowest BCUT2D eigenvalue weighted by molar-refractivity contribution is 0.337. The molecule has 96 valence electrons. The topological polar surface area (TPSA) is 51.0 Å². The van der Waals surface area contributed by atoms with Crippen molar-refractivity contribution >= 4 is 0 Å². The van der Waals surface area contributed by atoms with E-state index in [1.807, 2.05) is 0 Å². The van der Waals surface area contributed by atoms with Gasteiger partial charge in [-0.25, -0.2) is 0 Å². The van der Waals surface area contributed by atoms with Crippen molar-refractivity contribution in [3.05, 3.63) is 11.7 Å². The quantitative estimate of drug-likeness (QED) is 0.791. The van der Waals surface area contributed by atoms with Crippen LogP contribution in [-0.4, -0.2) is 22.7 Å². The van der Waals surface area contributed by atoms with Crippen LogP contribution in [0.25, 0.3) is 0 Å². The largest absolute Gasteiger partial charge is 0.339 e. The Kier molecular flexibility index (Phi) is 4.15. The fraction of sp³-hybridized carbons (Fsp3) is 0.846. The number of nitrogens with one attached hydrogen (secondary N) is 1. The standard InChI is InChI=1S/C13H23N3O/c1-4-14-11(7-9(2)3)8-12-15-13(16-17-12)10-5-6-10/h9-11,14H,4-8H2,1-3H3. The molecule has 1 saturated carbocycles. The molecule has 1 aliphatic carbocycles. The van der Waals surface area contributed by atoms with Gasteiger partial charge in [0.1, 0.15) is 0 Å². The molecule has 17 heavy (non-hydrogen) atoms. The second-order valence-corrected chi connectivity index (χ2v) is 5.41. The summed E-state index contributed by atoms with van der Waals surface area (Å²) in [6.07, 6.45) is 4.45. The zero-order valence-electron chi connectivity index (χ0n) is 11.1. The highest BCUT2D eigenvalue weighted by atomic mass is 16.5. The summed E-state index contributed by atoms with van der Waals surface area (Å²) in [5.41, 5.74) is 0. The maximum atomic E-state index is 5.32. The average molecular weight is 237 g/mol. The Morgan fingerprint density at radius 1 is 1.41 bits per heavy atom. The third-order valence-electron chi connectivity index (χ3n) is 3.10. The van der Waals surface area contributed by atoms with Gasteiger partial charge in [0.2, 0.25) is 5.89 Å². The third-order valence-corrected chi connectivity index (χ3v) is 3.10. The number of nitrogens with zero attached hydrogens (tertiary/aromatic N) is 2. The van der Waals surface area contributed by atoms with Gasteiger partial charge in [-0.3, -0.25) is 0 Å². The van der Waals surface area contributed by atoms with E-state index >= 15 is 0 Å². The van der Waals surface area contributed by atoms with Crippen LogP contribution < -0.4 is 5.32 Å². The summed E-state index contributed by atoms with van der Waals surface area (Å²) in [5.74, 6) is 2.97. The van der Waals surface area contributed by atoms with Gasteiger partial charge >= 0.3 is 0 Å². The van der Waals surface area contributed by atoms with E-state index in [4.69, 9.17) is 4.52 Å². The van der Waals surface area contributed by atoms with E-state index in [0.29, 0.717) is 17.9 Å². The van der Waals surface area contributed by atoms with Crippen LogP contribution in [0, 0.1) is 5.92 Å². The molecule has 0 saturated heterocycles. The summed E-state index contributed by atoms with van der Waals surface area (Å²) < 4.78 is 5.32. The highest BCUT2D eigenvalue weighted by Crippen LogP contribution is 2.38. The number of rotatable bonds is 7. The molecular formula is C13H23N3O. The number of aromatic nitrogens is 2. The van der Waals surface area contributed by atoms with Crippen LogP contribution in [0.3, 0.4) is 0 Å². The van der Waals surface area contributed by atoms with Gasteiger partial charge in [-0.05, 0) is 31.7 Å². The Bertz CT molecular complexity index is 344. The fourth-order valence-electron chi connectivity index (χ4n) is 2.17. The van der Waals surface area contributed by atoms with E-state index in [1.165, 1.54) is 12.8 Å². The molecule has 0 spiro atoms. The number of hydrogen-bond donors (Lipinski definition) is 1. The molecule has 1 aromatic heterocycles. The second kappa shape index (κ2) is 5.63. The molecule has 2 rings (SSSR count). The monoisotopic (exact) mass is 237 g/mol. The first-order valence-electron chi connectivity index (χ1n) is 6.75. The van der Waals surface area contributed by atoms with Crippen molar-refractivity contribution in [2.75, 3.05) is 6.54 Å². The highest BCUT2D eigenvalue weighted by Gasteiger charge is 2.29. The van der Waals surface area contributed by atoms with Crippen molar-refractivity contribution in [1.82, 2.24) is 15.5 Å². The Balaban J connectivity index is 1.90. The smallest absolute Gasteiger partial charge is 0.228 e. The van der Waals surface area contributed by atoms with Crippen LogP contribution in [0.15, 0.2) is 4.52 Å². The molecule has 1 heterocycles. The van der Waals surface area contributed by atoms with Gasteiger partial charge in [-0.2, -0.15) is 4.98 Å². The average Bonchev–Trinajstić information content (AvgIpc) is 3.00. The molecule has 0 amide bonds. The first-order chi connectivity index (χ1) is 8.19. The van der Waals surface area contributed by atoms with Gasteiger partial charge in [0.05, 0.1) is 0 Å². The maximum Gasteiger partial charge on any atom is 0.228 e. The molecule has 0 bridgehead atoms. The molecular weight excluding hydrogens is 214 g/mol. The van der Waals surface area contributed by atoms with Crippen LogP contribution in [0.5, 0.6) is 0 Å². The minimum atomic E-state index is 0.451. The Morgan fingerprint density at radius 2 is 2.18 bits per heavy atom. The normalized spacial score (nSPS) is 17.6. The summed E-state index contributed by atoms with van der Waals surface area (Å²) in [4.78, 5) is 4.48. The first-order valence-corrected chi connectivity index (χ1v) is 6.75. The van der Waals surface area contributed by atoms with Crippen LogP contribution in [-0.2, 0) is 6.42 Å². The first kappa shape index (κ1) is 12.6.